The van der Waals surface area contributed by atoms with E-state index in [1.54, 1.807) is 51.1 Å². The summed E-state index contributed by atoms with van der Waals surface area (Å²) in [4.78, 5) is 29.3. The van der Waals surface area contributed by atoms with Crippen molar-refractivity contribution in [1.82, 2.24) is 15.0 Å². The molecule has 1 amide bonds. The van der Waals surface area contributed by atoms with Crippen molar-refractivity contribution in [3.63, 3.8) is 0 Å². The van der Waals surface area contributed by atoms with E-state index in [1.165, 1.54) is 6.07 Å². The minimum Gasteiger partial charge on any atom is -0.481 e. The third kappa shape index (κ3) is 5.57. The molecule has 8 nitrogen and oxygen atoms in total. The van der Waals surface area contributed by atoms with Crippen LogP contribution in [-0.2, 0) is 14.8 Å². The molecule has 208 valence electrons. The van der Waals surface area contributed by atoms with Gasteiger partial charge in [0, 0.05) is 22.5 Å². The molecule has 0 saturated heterocycles. The zero-order valence-corrected chi connectivity index (χ0v) is 23.7. The quantitative estimate of drug-likeness (QED) is 0.329. The number of amides is 1. The van der Waals surface area contributed by atoms with Crippen LogP contribution in [0.25, 0.3) is 21.2 Å². The Morgan fingerprint density at radius 3 is 2.36 bits per heavy atom. The third-order valence-corrected chi connectivity index (χ3v) is 10.3. The van der Waals surface area contributed by atoms with Gasteiger partial charge in [-0.1, -0.05) is 36.8 Å². The Labute approximate surface area is 231 Å². The molecule has 2 saturated carbocycles. The Balaban J connectivity index is 1.56. The van der Waals surface area contributed by atoms with Crippen LogP contribution >= 0.6 is 11.3 Å². The van der Waals surface area contributed by atoms with Gasteiger partial charge in [-0.05, 0) is 63.8 Å². The number of benzene rings is 2. The number of alkyl halides is 1. The number of carboxylic acids is 1. The van der Waals surface area contributed by atoms with Gasteiger partial charge in [0.2, 0.25) is 10.0 Å². The van der Waals surface area contributed by atoms with E-state index in [2.05, 4.69) is 15.0 Å². The van der Waals surface area contributed by atoms with Crippen molar-refractivity contribution in [3.05, 3.63) is 47.1 Å². The van der Waals surface area contributed by atoms with Gasteiger partial charge in [0.25, 0.3) is 5.91 Å². The number of carbonyl (C=O) groups excluding carboxylic acids is 1. The summed E-state index contributed by atoms with van der Waals surface area (Å²) in [5.74, 6) is -1.98. The number of aliphatic carboxylic acids is 1. The van der Waals surface area contributed by atoms with Crippen molar-refractivity contribution in [2.75, 3.05) is 0 Å². The Morgan fingerprint density at radius 1 is 1.10 bits per heavy atom. The topological polar surface area (TPSA) is 125 Å². The smallest absolute Gasteiger partial charge is 0.306 e. The molecule has 0 aliphatic heterocycles. The molecule has 2 aliphatic rings. The van der Waals surface area contributed by atoms with E-state index in [1.807, 2.05) is 0 Å². The normalized spacial score (nSPS) is 20.7. The van der Waals surface area contributed by atoms with Gasteiger partial charge in [-0.15, -0.1) is 11.3 Å². The summed E-state index contributed by atoms with van der Waals surface area (Å²) in [6.07, 6.45) is 1.78. The fraction of sp³-hybridized carbons (Fsp3) is 0.464. The highest BCUT2D eigenvalue weighted by molar-refractivity contribution is 7.89. The van der Waals surface area contributed by atoms with Crippen LogP contribution in [0.15, 0.2) is 41.3 Å². The predicted molar refractivity (Wildman–Crippen MR) is 148 cm³/mol. The number of aromatic nitrogens is 1. The molecule has 1 heterocycles. The summed E-state index contributed by atoms with van der Waals surface area (Å²) in [5.41, 5.74) is 0.129. The van der Waals surface area contributed by atoms with E-state index in [0.717, 1.165) is 30.6 Å². The molecule has 39 heavy (non-hydrogen) atoms. The first kappa shape index (κ1) is 27.7. The molecule has 2 fully saturated rings. The maximum Gasteiger partial charge on any atom is 0.306 e. The SMILES string of the molecule is CC(C)(C)NS(=O)(=O)c1ccc(-c2sc(C(=O)NC3CC(C(=O)O)C3)nc2C(F)C2CCC2)c2ccccc12. The van der Waals surface area contributed by atoms with E-state index in [0.29, 0.717) is 34.1 Å². The Hall–Kier alpha value is -2.89. The number of halogens is 1. The van der Waals surface area contributed by atoms with Crippen LogP contribution in [0.2, 0.25) is 0 Å². The van der Waals surface area contributed by atoms with Crippen molar-refractivity contribution < 1.29 is 27.5 Å². The number of carbonyl (C=O) groups is 2. The van der Waals surface area contributed by atoms with E-state index in [9.17, 15) is 18.0 Å². The van der Waals surface area contributed by atoms with E-state index in [4.69, 9.17) is 5.11 Å². The number of fused-ring (bicyclic) bond motifs is 1. The first-order chi connectivity index (χ1) is 18.3. The highest BCUT2D eigenvalue weighted by Crippen LogP contribution is 2.46. The number of rotatable bonds is 8. The molecule has 3 aromatic rings. The number of sulfonamides is 1. The summed E-state index contributed by atoms with van der Waals surface area (Å²) in [6.45, 7) is 5.31. The summed E-state index contributed by atoms with van der Waals surface area (Å²) >= 11 is 1.08. The lowest BCUT2D eigenvalue weighted by molar-refractivity contribution is -0.145. The third-order valence-electron chi connectivity index (χ3n) is 7.35. The van der Waals surface area contributed by atoms with Crippen molar-refractivity contribution in [3.8, 4) is 10.4 Å². The van der Waals surface area contributed by atoms with Gasteiger partial charge in [0.05, 0.1) is 21.4 Å². The number of hydrogen-bond acceptors (Lipinski definition) is 6. The highest BCUT2D eigenvalue weighted by Gasteiger charge is 2.37. The van der Waals surface area contributed by atoms with Crippen molar-refractivity contribution in [2.24, 2.45) is 11.8 Å². The molecule has 1 atom stereocenters. The van der Waals surface area contributed by atoms with E-state index < -0.39 is 39.5 Å². The average molecular weight is 574 g/mol. The highest BCUT2D eigenvalue weighted by atomic mass is 32.2. The molecule has 0 spiro atoms. The fourth-order valence-electron chi connectivity index (χ4n) is 5.11. The second-order valence-corrected chi connectivity index (χ2v) is 14.2. The maximum atomic E-state index is 15.8. The fourth-order valence-corrected chi connectivity index (χ4v) is 7.78. The molecule has 2 aliphatic carbocycles. The van der Waals surface area contributed by atoms with Crippen molar-refractivity contribution in [2.45, 2.75) is 75.5 Å². The second-order valence-electron chi connectivity index (χ2n) is 11.5. The zero-order chi connectivity index (χ0) is 28.1. The van der Waals surface area contributed by atoms with Crippen LogP contribution in [0.3, 0.4) is 0 Å². The Kier molecular flexibility index (Phi) is 7.28. The first-order valence-electron chi connectivity index (χ1n) is 13.1. The summed E-state index contributed by atoms with van der Waals surface area (Å²) < 4.78 is 45.0. The number of hydrogen-bond donors (Lipinski definition) is 3. The van der Waals surface area contributed by atoms with Crippen LogP contribution in [-0.4, -0.2) is 42.0 Å². The standard InChI is InChI=1S/C28H32FN3O5S2/c1-28(2,3)32-39(36,37)21-12-11-20(18-9-4-5-10-19(18)21)24-23(22(29)15-7-6-8-15)31-26(38-24)25(33)30-17-13-16(14-17)27(34)35/h4-5,9-12,15-17,22,32H,6-8,13-14H2,1-3H3,(H,30,33)(H,34,35). The molecule has 0 bridgehead atoms. The molecule has 0 radical (unpaired) electrons. The largest absolute Gasteiger partial charge is 0.481 e. The summed E-state index contributed by atoms with van der Waals surface area (Å²) in [5, 5.41) is 13.2. The first-order valence-corrected chi connectivity index (χ1v) is 15.4. The van der Waals surface area contributed by atoms with Gasteiger partial charge in [-0.25, -0.2) is 22.5 Å². The molecular formula is C28H32FN3O5S2. The van der Waals surface area contributed by atoms with Crippen LogP contribution in [0, 0.1) is 11.8 Å². The lowest BCUT2D eigenvalue weighted by Gasteiger charge is -2.32. The maximum absolute atomic E-state index is 15.8. The van der Waals surface area contributed by atoms with Crippen LogP contribution in [0.4, 0.5) is 4.39 Å². The molecule has 1 unspecified atom stereocenters. The number of thiazole rings is 1. The Morgan fingerprint density at radius 2 is 1.77 bits per heavy atom. The second kappa shape index (κ2) is 10.3. The predicted octanol–water partition coefficient (Wildman–Crippen LogP) is 5.44. The van der Waals surface area contributed by atoms with Crippen molar-refractivity contribution in [1.29, 1.82) is 0 Å². The van der Waals surface area contributed by atoms with Crippen LogP contribution in [0.5, 0.6) is 0 Å². The molecule has 1 aromatic heterocycles. The molecule has 11 heteroatoms. The number of carboxylic acid groups (broad SMARTS) is 1. The van der Waals surface area contributed by atoms with Crippen molar-refractivity contribution >= 4 is 44.0 Å². The summed E-state index contributed by atoms with van der Waals surface area (Å²) in [7, 11) is -3.85. The number of nitrogens with zero attached hydrogens (tertiary/aromatic N) is 1. The van der Waals surface area contributed by atoms with Gasteiger partial charge in [-0.3, -0.25) is 9.59 Å². The minimum atomic E-state index is -3.85. The average Bonchev–Trinajstić information content (AvgIpc) is 3.22. The molecular weight excluding hydrogens is 541 g/mol. The Bertz CT molecular complexity index is 1540. The van der Waals surface area contributed by atoms with E-state index >= 15 is 4.39 Å². The van der Waals surface area contributed by atoms with Crippen LogP contribution < -0.4 is 10.0 Å². The van der Waals surface area contributed by atoms with Gasteiger partial charge in [-0.2, -0.15) is 0 Å². The monoisotopic (exact) mass is 573 g/mol. The number of nitrogens with one attached hydrogen (secondary N) is 2. The summed E-state index contributed by atoms with van der Waals surface area (Å²) in [6, 6.07) is 9.98. The van der Waals surface area contributed by atoms with Gasteiger partial charge in [0.15, 0.2) is 5.01 Å². The lowest BCUT2D eigenvalue weighted by Crippen LogP contribution is -2.46. The lowest BCUT2D eigenvalue weighted by atomic mass is 9.80. The van der Waals surface area contributed by atoms with Gasteiger partial charge < -0.3 is 10.4 Å². The minimum absolute atomic E-state index is 0.107. The molecule has 5 rings (SSSR count). The molecule has 3 N–H and O–H groups in total. The zero-order valence-electron chi connectivity index (χ0n) is 22.0. The molecule has 2 aromatic carbocycles. The van der Waals surface area contributed by atoms with E-state index in [-0.39, 0.29) is 27.6 Å². The van der Waals surface area contributed by atoms with Gasteiger partial charge >= 0.3 is 5.97 Å². The van der Waals surface area contributed by atoms with Gasteiger partial charge in [0.1, 0.15) is 6.17 Å². The van der Waals surface area contributed by atoms with Crippen LogP contribution in [0.1, 0.15) is 74.5 Å².